The summed E-state index contributed by atoms with van der Waals surface area (Å²) < 4.78 is 3.49. The van der Waals surface area contributed by atoms with Crippen LogP contribution in [0.4, 0.5) is 0 Å². The molecule has 0 bridgehead atoms. The molecule has 1 aliphatic rings. The van der Waals surface area contributed by atoms with Gasteiger partial charge in [-0.2, -0.15) is 0 Å². The Morgan fingerprint density at radius 1 is 1.20 bits per heavy atom. The van der Waals surface area contributed by atoms with Crippen LogP contribution in [0.2, 0.25) is 0 Å². The summed E-state index contributed by atoms with van der Waals surface area (Å²) in [6.45, 7) is 4.69. The molecule has 1 fully saturated rings. The van der Waals surface area contributed by atoms with Crippen molar-refractivity contribution in [2.75, 3.05) is 0 Å². The van der Waals surface area contributed by atoms with Crippen molar-refractivity contribution >= 4 is 33.3 Å². The highest BCUT2D eigenvalue weighted by Crippen LogP contribution is 2.34. The maximum absolute atomic E-state index is 4.72. The molecule has 2 aromatic heterocycles. The summed E-state index contributed by atoms with van der Waals surface area (Å²) in [6.07, 6.45) is 8.37. The van der Waals surface area contributed by atoms with Gasteiger partial charge >= 0.3 is 0 Å². The standard InChI is InChI=1S/C19H22N4S2/c1-2-12-23-18(14-8-4-3-5-9-14)21-22-19(23)24-13-17-20-15-10-6-7-11-16(15)25-17/h2,6-7,10-11,14H,1,3-5,8-9,12-13H2. The molecular weight excluding hydrogens is 348 g/mol. The Kier molecular flexibility index (Phi) is 5.17. The molecule has 4 rings (SSSR count). The van der Waals surface area contributed by atoms with Crippen LogP contribution in [0.15, 0.2) is 42.1 Å². The molecule has 3 aromatic rings. The van der Waals surface area contributed by atoms with Crippen molar-refractivity contribution < 1.29 is 0 Å². The summed E-state index contributed by atoms with van der Waals surface area (Å²) >= 11 is 3.49. The Bertz CT molecular complexity index is 828. The number of allylic oxidation sites excluding steroid dienone is 1. The molecule has 25 heavy (non-hydrogen) atoms. The number of nitrogens with zero attached hydrogens (tertiary/aromatic N) is 4. The molecule has 0 unspecified atom stereocenters. The van der Waals surface area contributed by atoms with E-state index in [1.807, 2.05) is 12.1 Å². The molecule has 0 amide bonds. The van der Waals surface area contributed by atoms with E-state index in [2.05, 4.69) is 39.5 Å². The first-order chi connectivity index (χ1) is 12.3. The lowest BCUT2D eigenvalue weighted by Gasteiger charge is -2.21. The Balaban J connectivity index is 1.52. The largest absolute Gasteiger partial charge is 0.302 e. The third-order valence-corrected chi connectivity index (χ3v) is 6.89. The molecule has 1 aromatic carbocycles. The normalized spacial score (nSPS) is 15.7. The number of aromatic nitrogens is 4. The monoisotopic (exact) mass is 370 g/mol. The Morgan fingerprint density at radius 3 is 2.84 bits per heavy atom. The van der Waals surface area contributed by atoms with Crippen LogP contribution < -0.4 is 0 Å². The zero-order valence-corrected chi connectivity index (χ0v) is 15.9. The Labute approximate surface area is 156 Å². The van der Waals surface area contributed by atoms with Gasteiger partial charge < -0.3 is 4.57 Å². The van der Waals surface area contributed by atoms with Gasteiger partial charge in [-0.3, -0.25) is 0 Å². The minimum absolute atomic E-state index is 0.554. The highest BCUT2D eigenvalue weighted by Gasteiger charge is 2.23. The second-order valence-corrected chi connectivity index (χ2v) is 8.50. The van der Waals surface area contributed by atoms with Gasteiger partial charge in [0.1, 0.15) is 10.8 Å². The molecule has 130 valence electrons. The van der Waals surface area contributed by atoms with Crippen LogP contribution >= 0.6 is 23.1 Å². The van der Waals surface area contributed by atoms with Crippen LogP contribution in [-0.2, 0) is 12.3 Å². The van der Waals surface area contributed by atoms with E-state index in [9.17, 15) is 0 Å². The number of para-hydroxylation sites is 1. The van der Waals surface area contributed by atoms with Gasteiger partial charge in [-0.25, -0.2) is 4.98 Å². The summed E-state index contributed by atoms with van der Waals surface area (Å²) in [7, 11) is 0. The molecule has 4 nitrogen and oxygen atoms in total. The van der Waals surface area contributed by atoms with Crippen LogP contribution in [0, 0.1) is 0 Å². The van der Waals surface area contributed by atoms with E-state index < -0.39 is 0 Å². The van der Waals surface area contributed by atoms with Crippen molar-refractivity contribution in [2.24, 2.45) is 0 Å². The molecule has 0 N–H and O–H groups in total. The summed E-state index contributed by atoms with van der Waals surface area (Å²) in [6, 6.07) is 8.30. The number of thioether (sulfide) groups is 1. The van der Waals surface area contributed by atoms with Crippen molar-refractivity contribution in [3.8, 4) is 0 Å². The maximum Gasteiger partial charge on any atom is 0.191 e. The van der Waals surface area contributed by atoms with E-state index in [0.29, 0.717) is 5.92 Å². The first kappa shape index (κ1) is 16.8. The first-order valence-electron chi connectivity index (χ1n) is 8.86. The second kappa shape index (κ2) is 7.70. The molecule has 0 aliphatic heterocycles. The predicted octanol–water partition coefficient (Wildman–Crippen LogP) is 5.41. The Hall–Kier alpha value is -1.66. The van der Waals surface area contributed by atoms with Crippen LogP contribution in [0.25, 0.3) is 10.2 Å². The molecule has 2 heterocycles. The lowest BCUT2D eigenvalue weighted by atomic mass is 9.89. The number of fused-ring (bicyclic) bond motifs is 1. The highest BCUT2D eigenvalue weighted by atomic mass is 32.2. The van der Waals surface area contributed by atoms with Gasteiger partial charge in [0.2, 0.25) is 0 Å². The van der Waals surface area contributed by atoms with Crippen LogP contribution in [0.3, 0.4) is 0 Å². The van der Waals surface area contributed by atoms with E-state index in [0.717, 1.165) is 33.8 Å². The van der Waals surface area contributed by atoms with Crippen molar-refractivity contribution in [3.63, 3.8) is 0 Å². The molecule has 1 saturated carbocycles. The second-order valence-electron chi connectivity index (χ2n) is 6.44. The fourth-order valence-electron chi connectivity index (χ4n) is 3.48. The van der Waals surface area contributed by atoms with E-state index in [4.69, 9.17) is 4.98 Å². The topological polar surface area (TPSA) is 43.6 Å². The summed E-state index contributed by atoms with van der Waals surface area (Å²) in [4.78, 5) is 4.72. The molecule has 0 saturated heterocycles. The van der Waals surface area contributed by atoms with Gasteiger partial charge in [-0.15, -0.1) is 28.1 Å². The molecular formula is C19H22N4S2. The van der Waals surface area contributed by atoms with Crippen molar-refractivity contribution in [1.29, 1.82) is 0 Å². The van der Waals surface area contributed by atoms with Crippen molar-refractivity contribution in [2.45, 2.75) is 55.5 Å². The molecule has 1 aliphatic carbocycles. The summed E-state index contributed by atoms with van der Waals surface area (Å²) in [5.74, 6) is 2.53. The molecule has 6 heteroatoms. The first-order valence-corrected chi connectivity index (χ1v) is 10.7. The number of hydrogen-bond acceptors (Lipinski definition) is 5. The number of rotatable bonds is 6. The third kappa shape index (κ3) is 3.65. The number of thiazole rings is 1. The predicted molar refractivity (Wildman–Crippen MR) is 105 cm³/mol. The fourth-order valence-corrected chi connectivity index (χ4v) is 5.39. The lowest BCUT2D eigenvalue weighted by molar-refractivity contribution is 0.415. The smallest absolute Gasteiger partial charge is 0.191 e. The van der Waals surface area contributed by atoms with Crippen LogP contribution in [0.1, 0.15) is 48.9 Å². The average Bonchev–Trinajstić information content (AvgIpc) is 3.24. The van der Waals surface area contributed by atoms with Gasteiger partial charge in [0, 0.05) is 12.5 Å². The van der Waals surface area contributed by atoms with Crippen molar-refractivity contribution in [1.82, 2.24) is 19.7 Å². The fraction of sp³-hybridized carbons (Fsp3) is 0.421. The highest BCUT2D eigenvalue weighted by molar-refractivity contribution is 7.98. The van der Waals surface area contributed by atoms with Gasteiger partial charge in [-0.1, -0.05) is 49.2 Å². The SMILES string of the molecule is C=CCn1c(SCc2nc3ccccc3s2)nnc1C1CCCCC1. The van der Waals surface area contributed by atoms with Gasteiger partial charge in [0.05, 0.1) is 16.0 Å². The van der Waals surface area contributed by atoms with Gasteiger partial charge in [-0.05, 0) is 25.0 Å². The van der Waals surface area contributed by atoms with E-state index in [1.165, 1.54) is 36.8 Å². The summed E-state index contributed by atoms with van der Waals surface area (Å²) in [5, 5.41) is 11.1. The quantitative estimate of drug-likeness (QED) is 0.429. The van der Waals surface area contributed by atoms with Crippen LogP contribution in [-0.4, -0.2) is 19.7 Å². The molecule has 0 radical (unpaired) electrons. The molecule has 0 atom stereocenters. The van der Waals surface area contributed by atoms with E-state index >= 15 is 0 Å². The minimum Gasteiger partial charge on any atom is -0.302 e. The van der Waals surface area contributed by atoms with Gasteiger partial charge in [0.15, 0.2) is 5.16 Å². The Morgan fingerprint density at radius 2 is 2.04 bits per heavy atom. The zero-order valence-electron chi connectivity index (χ0n) is 14.2. The van der Waals surface area contributed by atoms with Crippen LogP contribution in [0.5, 0.6) is 0 Å². The third-order valence-electron chi connectivity index (χ3n) is 4.69. The average molecular weight is 371 g/mol. The van der Waals surface area contributed by atoms with E-state index in [-0.39, 0.29) is 0 Å². The minimum atomic E-state index is 0.554. The zero-order chi connectivity index (χ0) is 17.1. The summed E-state index contributed by atoms with van der Waals surface area (Å²) in [5.41, 5.74) is 1.08. The number of benzene rings is 1. The lowest BCUT2D eigenvalue weighted by Crippen LogP contribution is -2.12. The number of hydrogen-bond donors (Lipinski definition) is 0. The van der Waals surface area contributed by atoms with Crippen molar-refractivity contribution in [3.05, 3.63) is 47.8 Å². The molecule has 0 spiro atoms. The van der Waals surface area contributed by atoms with E-state index in [1.54, 1.807) is 23.1 Å². The maximum atomic E-state index is 4.72. The van der Waals surface area contributed by atoms with Gasteiger partial charge in [0.25, 0.3) is 0 Å².